The van der Waals surface area contributed by atoms with Crippen molar-refractivity contribution < 1.29 is 9.59 Å². The second-order valence-corrected chi connectivity index (χ2v) is 5.83. The van der Waals surface area contributed by atoms with Crippen LogP contribution in [0.1, 0.15) is 39.5 Å². The zero-order valence-electron chi connectivity index (χ0n) is 12.6. The first-order valence-corrected chi connectivity index (χ1v) is 7.48. The molecule has 1 saturated carbocycles. The van der Waals surface area contributed by atoms with E-state index in [0.29, 0.717) is 17.3 Å². The molecule has 2 rings (SSSR count). The van der Waals surface area contributed by atoms with E-state index in [2.05, 4.69) is 22.9 Å². The Morgan fingerprint density at radius 2 is 1.86 bits per heavy atom. The number of amides is 3. The summed E-state index contributed by atoms with van der Waals surface area (Å²) in [5.41, 5.74) is 1.34. The fourth-order valence-electron chi connectivity index (χ4n) is 2.80. The van der Waals surface area contributed by atoms with Gasteiger partial charge >= 0.3 is 6.03 Å². The number of anilines is 2. The van der Waals surface area contributed by atoms with Gasteiger partial charge in [-0.05, 0) is 37.0 Å². The molecule has 0 aliphatic heterocycles. The lowest BCUT2D eigenvalue weighted by molar-refractivity contribution is -0.114. The molecule has 0 bridgehead atoms. The molecule has 21 heavy (non-hydrogen) atoms. The highest BCUT2D eigenvalue weighted by Crippen LogP contribution is 2.23. The third-order valence-electron chi connectivity index (χ3n) is 3.71. The van der Waals surface area contributed by atoms with Gasteiger partial charge in [-0.25, -0.2) is 4.79 Å². The van der Waals surface area contributed by atoms with E-state index in [0.717, 1.165) is 12.8 Å². The maximum atomic E-state index is 12.0. The van der Waals surface area contributed by atoms with Crippen LogP contribution in [0.2, 0.25) is 0 Å². The summed E-state index contributed by atoms with van der Waals surface area (Å²) >= 11 is 0. The topological polar surface area (TPSA) is 70.2 Å². The number of carbonyl (C=O) groups excluding carboxylic acids is 2. The van der Waals surface area contributed by atoms with Crippen LogP contribution in [-0.2, 0) is 4.79 Å². The van der Waals surface area contributed by atoms with Gasteiger partial charge in [0, 0.05) is 24.3 Å². The van der Waals surface area contributed by atoms with Crippen LogP contribution >= 0.6 is 0 Å². The van der Waals surface area contributed by atoms with Gasteiger partial charge in [-0.15, -0.1) is 0 Å². The third-order valence-corrected chi connectivity index (χ3v) is 3.71. The van der Waals surface area contributed by atoms with Crippen LogP contribution in [0, 0.1) is 5.92 Å². The largest absolute Gasteiger partial charge is 0.335 e. The molecule has 0 spiro atoms. The number of nitrogens with one attached hydrogen (secondary N) is 3. The lowest BCUT2D eigenvalue weighted by Gasteiger charge is -2.27. The Morgan fingerprint density at radius 1 is 1.14 bits per heavy atom. The van der Waals surface area contributed by atoms with Gasteiger partial charge in [-0.1, -0.05) is 25.8 Å². The maximum Gasteiger partial charge on any atom is 0.319 e. The molecule has 5 nitrogen and oxygen atoms in total. The Labute approximate surface area is 125 Å². The molecular formula is C16H23N3O2. The summed E-state index contributed by atoms with van der Waals surface area (Å²) < 4.78 is 0. The monoisotopic (exact) mass is 289 g/mol. The molecule has 1 fully saturated rings. The molecule has 2 atom stereocenters. The molecule has 3 N–H and O–H groups in total. The minimum atomic E-state index is -0.186. The summed E-state index contributed by atoms with van der Waals surface area (Å²) in [6.07, 6.45) is 4.51. The smallest absolute Gasteiger partial charge is 0.319 e. The SMILES string of the molecule is CC(=O)Nc1cccc(NC(=O)NC2CCCC(C)C2)c1. The van der Waals surface area contributed by atoms with Gasteiger partial charge in [-0.2, -0.15) is 0 Å². The first-order chi connectivity index (χ1) is 10.0. The molecule has 2 unspecified atom stereocenters. The van der Waals surface area contributed by atoms with Crippen LogP contribution in [0.15, 0.2) is 24.3 Å². The van der Waals surface area contributed by atoms with Crippen LogP contribution in [-0.4, -0.2) is 18.0 Å². The van der Waals surface area contributed by atoms with Crippen LogP contribution in [0.4, 0.5) is 16.2 Å². The van der Waals surface area contributed by atoms with E-state index in [1.54, 1.807) is 24.3 Å². The minimum Gasteiger partial charge on any atom is -0.335 e. The number of urea groups is 1. The van der Waals surface area contributed by atoms with Gasteiger partial charge in [-0.3, -0.25) is 4.79 Å². The summed E-state index contributed by atoms with van der Waals surface area (Å²) in [6, 6.07) is 7.19. The fraction of sp³-hybridized carbons (Fsp3) is 0.500. The molecule has 5 heteroatoms. The molecule has 1 aromatic rings. The van der Waals surface area contributed by atoms with Crippen molar-refractivity contribution in [3.8, 4) is 0 Å². The minimum absolute atomic E-state index is 0.132. The van der Waals surface area contributed by atoms with E-state index in [1.165, 1.54) is 19.8 Å². The standard InChI is InChI=1S/C16H23N3O2/c1-11-5-3-6-13(9-11)18-16(21)19-15-8-4-7-14(10-15)17-12(2)20/h4,7-8,10-11,13H,3,5-6,9H2,1-2H3,(H,17,20)(H2,18,19,21). The van der Waals surface area contributed by atoms with E-state index in [-0.39, 0.29) is 18.0 Å². The Kier molecular flexibility index (Phi) is 5.20. The molecular weight excluding hydrogens is 266 g/mol. The molecule has 1 aliphatic carbocycles. The van der Waals surface area contributed by atoms with E-state index in [9.17, 15) is 9.59 Å². The predicted molar refractivity (Wildman–Crippen MR) is 84.3 cm³/mol. The van der Waals surface area contributed by atoms with Crippen molar-refractivity contribution in [2.45, 2.75) is 45.6 Å². The van der Waals surface area contributed by atoms with Crippen molar-refractivity contribution in [3.63, 3.8) is 0 Å². The van der Waals surface area contributed by atoms with Crippen molar-refractivity contribution in [3.05, 3.63) is 24.3 Å². The van der Waals surface area contributed by atoms with Gasteiger partial charge in [0.1, 0.15) is 0 Å². The van der Waals surface area contributed by atoms with Crippen molar-refractivity contribution in [1.29, 1.82) is 0 Å². The summed E-state index contributed by atoms with van der Waals surface area (Å²) in [5, 5.41) is 8.53. The highest BCUT2D eigenvalue weighted by atomic mass is 16.2. The first kappa shape index (κ1) is 15.4. The quantitative estimate of drug-likeness (QED) is 0.798. The summed E-state index contributed by atoms with van der Waals surface area (Å²) in [5.74, 6) is 0.542. The molecule has 0 heterocycles. The van der Waals surface area contributed by atoms with E-state index in [1.807, 2.05) is 0 Å². The Balaban J connectivity index is 1.88. The summed E-state index contributed by atoms with van der Waals surface area (Å²) in [4.78, 5) is 23.0. The van der Waals surface area contributed by atoms with Gasteiger partial charge in [0.25, 0.3) is 0 Å². The second-order valence-electron chi connectivity index (χ2n) is 5.83. The predicted octanol–water partition coefficient (Wildman–Crippen LogP) is 3.35. The van der Waals surface area contributed by atoms with E-state index >= 15 is 0 Å². The number of hydrogen-bond donors (Lipinski definition) is 3. The zero-order chi connectivity index (χ0) is 15.2. The first-order valence-electron chi connectivity index (χ1n) is 7.48. The average Bonchev–Trinajstić information content (AvgIpc) is 2.37. The second kappa shape index (κ2) is 7.11. The maximum absolute atomic E-state index is 12.0. The van der Waals surface area contributed by atoms with Crippen LogP contribution in [0.3, 0.4) is 0 Å². The van der Waals surface area contributed by atoms with Crippen molar-refractivity contribution >= 4 is 23.3 Å². The number of rotatable bonds is 3. The van der Waals surface area contributed by atoms with Gasteiger partial charge in [0.05, 0.1) is 0 Å². The zero-order valence-corrected chi connectivity index (χ0v) is 12.6. The molecule has 0 saturated heterocycles. The van der Waals surface area contributed by atoms with Gasteiger partial charge in [0.15, 0.2) is 0 Å². The Hall–Kier alpha value is -2.04. The molecule has 1 aromatic carbocycles. The summed E-state index contributed by atoms with van der Waals surface area (Å²) in [6.45, 7) is 3.68. The molecule has 3 amide bonds. The van der Waals surface area contributed by atoms with Crippen molar-refractivity contribution in [2.75, 3.05) is 10.6 Å². The average molecular weight is 289 g/mol. The van der Waals surface area contributed by atoms with E-state index in [4.69, 9.17) is 0 Å². The molecule has 114 valence electrons. The highest BCUT2D eigenvalue weighted by molar-refractivity contribution is 5.92. The van der Waals surface area contributed by atoms with Crippen LogP contribution in [0.5, 0.6) is 0 Å². The third kappa shape index (κ3) is 5.10. The lowest BCUT2D eigenvalue weighted by Crippen LogP contribution is -2.40. The fourth-order valence-corrected chi connectivity index (χ4v) is 2.80. The summed E-state index contributed by atoms with van der Waals surface area (Å²) in [7, 11) is 0. The normalized spacial score (nSPS) is 21.4. The molecule has 0 aromatic heterocycles. The number of carbonyl (C=O) groups is 2. The van der Waals surface area contributed by atoms with Gasteiger partial charge in [0.2, 0.25) is 5.91 Å². The lowest BCUT2D eigenvalue weighted by atomic mass is 9.87. The Bertz CT molecular complexity index is 516. The van der Waals surface area contributed by atoms with Crippen LogP contribution < -0.4 is 16.0 Å². The Morgan fingerprint density at radius 3 is 2.52 bits per heavy atom. The van der Waals surface area contributed by atoms with Crippen molar-refractivity contribution in [2.24, 2.45) is 5.92 Å². The van der Waals surface area contributed by atoms with E-state index < -0.39 is 0 Å². The van der Waals surface area contributed by atoms with Gasteiger partial charge < -0.3 is 16.0 Å². The van der Waals surface area contributed by atoms with Crippen LogP contribution in [0.25, 0.3) is 0 Å². The number of benzene rings is 1. The number of hydrogen-bond acceptors (Lipinski definition) is 2. The molecule has 0 radical (unpaired) electrons. The molecule has 1 aliphatic rings. The highest BCUT2D eigenvalue weighted by Gasteiger charge is 2.20. The van der Waals surface area contributed by atoms with Crippen molar-refractivity contribution in [1.82, 2.24) is 5.32 Å².